The van der Waals surface area contributed by atoms with Gasteiger partial charge in [0.15, 0.2) is 5.82 Å². The number of nitrogen functional groups attached to an aromatic ring is 1. The fourth-order valence-corrected chi connectivity index (χ4v) is 2.52. The van der Waals surface area contributed by atoms with Crippen LogP contribution in [0.15, 0.2) is 18.2 Å². The van der Waals surface area contributed by atoms with Gasteiger partial charge in [-0.3, -0.25) is 0 Å². The van der Waals surface area contributed by atoms with Crippen LogP contribution in [0.4, 0.5) is 14.5 Å². The Morgan fingerprint density at radius 2 is 1.95 bits per heavy atom. The summed E-state index contributed by atoms with van der Waals surface area (Å²) in [7, 11) is 1.30. The second kappa shape index (κ2) is 5.81. The van der Waals surface area contributed by atoms with Gasteiger partial charge in [-0.25, -0.2) is 13.6 Å². The van der Waals surface area contributed by atoms with E-state index in [4.69, 9.17) is 27.2 Å². The molecule has 3 N–H and O–H groups in total. The van der Waals surface area contributed by atoms with Gasteiger partial charge < -0.3 is 15.6 Å². The predicted octanol–water partition coefficient (Wildman–Crippen LogP) is 3.88. The van der Waals surface area contributed by atoms with E-state index < -0.39 is 28.9 Å². The number of methoxy groups -OCH3 is 1. The molecule has 0 spiro atoms. The molecule has 2 aromatic rings. The molecule has 2 rings (SSSR count). The molecule has 4 nitrogen and oxygen atoms in total. The fraction of sp³-hybridized carbons (Fsp3) is 0.133. The summed E-state index contributed by atoms with van der Waals surface area (Å²) in [5.74, 6) is -3.22. The molecule has 0 aliphatic heterocycles. The summed E-state index contributed by atoms with van der Waals surface area (Å²) < 4.78 is 33.7. The van der Waals surface area contributed by atoms with Gasteiger partial charge in [-0.05, 0) is 24.6 Å². The third-order valence-corrected chi connectivity index (χ3v) is 3.78. The van der Waals surface area contributed by atoms with Crippen LogP contribution in [-0.4, -0.2) is 18.2 Å². The van der Waals surface area contributed by atoms with Crippen LogP contribution >= 0.6 is 11.6 Å². The fourth-order valence-electron chi connectivity index (χ4n) is 2.25. The van der Waals surface area contributed by atoms with E-state index in [1.54, 1.807) is 0 Å². The first-order valence-corrected chi connectivity index (χ1v) is 6.52. The highest BCUT2D eigenvalue weighted by molar-refractivity contribution is 6.35. The van der Waals surface area contributed by atoms with Gasteiger partial charge in [-0.2, -0.15) is 0 Å². The van der Waals surface area contributed by atoms with E-state index in [0.29, 0.717) is 0 Å². The van der Waals surface area contributed by atoms with E-state index in [9.17, 15) is 13.6 Å². The first-order valence-electron chi connectivity index (χ1n) is 6.14. The number of rotatable bonds is 3. The Kier molecular flexibility index (Phi) is 4.23. The zero-order chi connectivity index (χ0) is 16.6. The number of ether oxygens (including phenoxy) is 1. The van der Waals surface area contributed by atoms with E-state index >= 15 is 0 Å². The molecule has 0 aliphatic carbocycles. The van der Waals surface area contributed by atoms with Crippen LogP contribution in [0.5, 0.6) is 5.75 Å². The number of carbonyl (C=O) groups is 1. The summed E-state index contributed by atoms with van der Waals surface area (Å²) >= 11 is 6.07. The minimum atomic E-state index is -1.41. The molecule has 0 saturated carbocycles. The van der Waals surface area contributed by atoms with Crippen molar-refractivity contribution in [2.45, 2.75) is 6.92 Å². The van der Waals surface area contributed by atoms with Gasteiger partial charge in [0.25, 0.3) is 0 Å². The minimum Gasteiger partial charge on any atom is -0.496 e. The SMILES string of the molecule is COc1cccc(F)c1-c1c(F)c(N)c(C(=O)O)c(C)c1Cl. The van der Waals surface area contributed by atoms with Crippen molar-refractivity contribution in [3.63, 3.8) is 0 Å². The van der Waals surface area contributed by atoms with Gasteiger partial charge >= 0.3 is 5.97 Å². The largest absolute Gasteiger partial charge is 0.496 e. The summed E-state index contributed by atoms with van der Waals surface area (Å²) in [4.78, 5) is 11.2. The molecule has 0 atom stereocenters. The lowest BCUT2D eigenvalue weighted by molar-refractivity contribution is 0.0697. The van der Waals surface area contributed by atoms with Gasteiger partial charge in [0.2, 0.25) is 0 Å². The number of halogens is 3. The number of anilines is 1. The Morgan fingerprint density at radius 1 is 1.32 bits per heavy atom. The van der Waals surface area contributed by atoms with Gasteiger partial charge in [-0.15, -0.1) is 0 Å². The summed E-state index contributed by atoms with van der Waals surface area (Å²) in [6.07, 6.45) is 0. The first-order chi connectivity index (χ1) is 10.3. The molecular weight excluding hydrogens is 316 g/mol. The molecular formula is C15H12ClF2NO3. The molecule has 0 fully saturated rings. The second-order valence-electron chi connectivity index (χ2n) is 4.54. The van der Waals surface area contributed by atoms with E-state index in [-0.39, 0.29) is 27.5 Å². The van der Waals surface area contributed by atoms with Crippen LogP contribution in [0.2, 0.25) is 5.02 Å². The number of hydrogen-bond donors (Lipinski definition) is 2. The Hall–Kier alpha value is -2.34. The minimum absolute atomic E-state index is 0.0494. The maximum atomic E-state index is 14.6. The Morgan fingerprint density at radius 3 is 2.50 bits per heavy atom. The van der Waals surface area contributed by atoms with Crippen molar-refractivity contribution in [2.24, 2.45) is 0 Å². The molecule has 7 heteroatoms. The highest BCUT2D eigenvalue weighted by Gasteiger charge is 2.27. The van der Waals surface area contributed by atoms with Crippen molar-refractivity contribution in [3.05, 3.63) is 46.0 Å². The normalized spacial score (nSPS) is 10.6. The average molecular weight is 328 g/mol. The zero-order valence-corrected chi connectivity index (χ0v) is 12.5. The van der Waals surface area contributed by atoms with Crippen molar-refractivity contribution in [3.8, 4) is 16.9 Å². The first kappa shape index (κ1) is 16.0. The van der Waals surface area contributed by atoms with Crippen molar-refractivity contribution >= 4 is 23.3 Å². The number of carboxylic acids is 1. The van der Waals surface area contributed by atoms with E-state index in [1.165, 1.54) is 26.2 Å². The maximum Gasteiger partial charge on any atom is 0.338 e. The molecule has 0 aliphatic rings. The third-order valence-electron chi connectivity index (χ3n) is 3.31. The summed E-state index contributed by atoms with van der Waals surface area (Å²) in [6.45, 7) is 1.37. The molecule has 0 heterocycles. The lowest BCUT2D eigenvalue weighted by Gasteiger charge is -2.17. The van der Waals surface area contributed by atoms with E-state index in [1.807, 2.05) is 0 Å². The molecule has 0 unspecified atom stereocenters. The maximum absolute atomic E-state index is 14.6. The second-order valence-corrected chi connectivity index (χ2v) is 4.92. The van der Waals surface area contributed by atoms with Crippen molar-refractivity contribution in [2.75, 3.05) is 12.8 Å². The van der Waals surface area contributed by atoms with Crippen LogP contribution in [0, 0.1) is 18.6 Å². The number of carboxylic acid groups (broad SMARTS) is 1. The summed E-state index contributed by atoms with van der Waals surface area (Å²) in [5.41, 5.74) is 4.03. The van der Waals surface area contributed by atoms with Crippen LogP contribution in [0.3, 0.4) is 0 Å². The lowest BCUT2D eigenvalue weighted by atomic mass is 9.96. The highest BCUT2D eigenvalue weighted by Crippen LogP contribution is 2.43. The number of aromatic carboxylic acids is 1. The topological polar surface area (TPSA) is 72.5 Å². The van der Waals surface area contributed by atoms with Crippen LogP contribution < -0.4 is 10.5 Å². The standard InChI is InChI=1S/C15H12ClF2NO3/c1-6-9(15(20)21)14(19)13(18)11(12(6)16)10-7(17)4-3-5-8(10)22-2/h3-5H,19H2,1-2H3,(H,20,21). The highest BCUT2D eigenvalue weighted by atomic mass is 35.5. The predicted molar refractivity (Wildman–Crippen MR) is 79.5 cm³/mol. The number of benzene rings is 2. The van der Waals surface area contributed by atoms with E-state index in [0.717, 1.165) is 6.07 Å². The van der Waals surface area contributed by atoms with Gasteiger partial charge in [0, 0.05) is 5.56 Å². The molecule has 0 saturated heterocycles. The smallest absolute Gasteiger partial charge is 0.338 e. The summed E-state index contributed by atoms with van der Waals surface area (Å²) in [5, 5.41) is 8.88. The monoisotopic (exact) mass is 327 g/mol. The quantitative estimate of drug-likeness (QED) is 0.839. The molecule has 22 heavy (non-hydrogen) atoms. The van der Waals surface area contributed by atoms with Gasteiger partial charge in [-0.1, -0.05) is 17.7 Å². The Bertz CT molecular complexity index is 749. The number of hydrogen-bond acceptors (Lipinski definition) is 3. The molecule has 2 aromatic carbocycles. The van der Waals surface area contributed by atoms with Crippen molar-refractivity contribution in [1.82, 2.24) is 0 Å². The Balaban J connectivity index is 2.93. The molecule has 0 radical (unpaired) electrons. The Labute approximate surface area is 130 Å². The van der Waals surface area contributed by atoms with Crippen molar-refractivity contribution < 1.29 is 23.4 Å². The molecule has 0 amide bonds. The van der Waals surface area contributed by atoms with E-state index in [2.05, 4.69) is 0 Å². The molecule has 0 aromatic heterocycles. The third kappa shape index (κ3) is 2.35. The molecule has 0 bridgehead atoms. The molecule has 116 valence electrons. The lowest BCUT2D eigenvalue weighted by Crippen LogP contribution is -2.10. The van der Waals surface area contributed by atoms with Gasteiger partial charge in [0.1, 0.15) is 11.6 Å². The zero-order valence-electron chi connectivity index (χ0n) is 11.7. The van der Waals surface area contributed by atoms with Crippen LogP contribution in [-0.2, 0) is 0 Å². The summed E-state index contributed by atoms with van der Waals surface area (Å²) in [6, 6.07) is 3.94. The number of nitrogens with two attached hydrogens (primary N) is 1. The van der Waals surface area contributed by atoms with Crippen molar-refractivity contribution in [1.29, 1.82) is 0 Å². The van der Waals surface area contributed by atoms with Gasteiger partial charge in [0.05, 0.1) is 28.9 Å². The van der Waals surface area contributed by atoms with Crippen LogP contribution in [0.25, 0.3) is 11.1 Å². The average Bonchev–Trinajstić information content (AvgIpc) is 2.46. The van der Waals surface area contributed by atoms with Crippen LogP contribution in [0.1, 0.15) is 15.9 Å².